The van der Waals surface area contributed by atoms with E-state index in [0.717, 1.165) is 16.1 Å². The van der Waals surface area contributed by atoms with Crippen LogP contribution in [-0.2, 0) is 16.6 Å². The molecule has 0 saturated carbocycles. The fourth-order valence-electron chi connectivity index (χ4n) is 3.24. The van der Waals surface area contributed by atoms with E-state index >= 15 is 0 Å². The minimum absolute atomic E-state index is 0.0348. The predicted octanol–water partition coefficient (Wildman–Crippen LogP) is 5.09. The van der Waals surface area contributed by atoms with Gasteiger partial charge in [0.05, 0.1) is 18.5 Å². The first-order chi connectivity index (χ1) is 15.1. The fraction of sp³-hybridized carbons (Fsp3) is 0.208. The lowest BCUT2D eigenvalue weighted by molar-refractivity contribution is 0.0951. The van der Waals surface area contributed by atoms with Gasteiger partial charge in [0, 0.05) is 16.6 Å². The van der Waals surface area contributed by atoms with Crippen LogP contribution in [0, 0.1) is 5.82 Å². The van der Waals surface area contributed by atoms with Crippen LogP contribution in [-0.4, -0.2) is 27.1 Å². The Balaban J connectivity index is 1.69. The number of sulfonamides is 1. The van der Waals surface area contributed by atoms with Crippen molar-refractivity contribution in [1.29, 1.82) is 0 Å². The lowest BCUT2D eigenvalue weighted by Crippen LogP contribution is -2.30. The van der Waals surface area contributed by atoms with E-state index in [1.165, 1.54) is 12.1 Å². The second-order valence-electron chi connectivity index (χ2n) is 7.58. The number of amides is 1. The molecule has 0 aliphatic carbocycles. The molecule has 32 heavy (non-hydrogen) atoms. The van der Waals surface area contributed by atoms with Gasteiger partial charge < -0.3 is 5.32 Å². The van der Waals surface area contributed by atoms with E-state index in [4.69, 9.17) is 0 Å². The monoisotopic (exact) mass is 518 g/mol. The van der Waals surface area contributed by atoms with Crippen LogP contribution in [0.1, 0.15) is 34.3 Å². The number of benzene rings is 3. The average molecular weight is 519 g/mol. The summed E-state index contributed by atoms with van der Waals surface area (Å²) in [5.74, 6) is -0.685. The quantitative estimate of drug-likeness (QED) is 0.451. The van der Waals surface area contributed by atoms with Gasteiger partial charge in [0.25, 0.3) is 5.91 Å². The Morgan fingerprint density at radius 2 is 1.72 bits per heavy atom. The maximum atomic E-state index is 14.4. The van der Waals surface area contributed by atoms with Gasteiger partial charge in [0.1, 0.15) is 5.82 Å². The molecule has 0 fully saturated rings. The smallest absolute Gasteiger partial charge is 0.251 e. The van der Waals surface area contributed by atoms with Gasteiger partial charge in [0.2, 0.25) is 10.0 Å². The number of rotatable bonds is 8. The highest BCUT2D eigenvalue weighted by Gasteiger charge is 2.21. The molecule has 3 aromatic rings. The van der Waals surface area contributed by atoms with Gasteiger partial charge in [-0.05, 0) is 47.4 Å². The molecule has 5 nitrogen and oxygen atoms in total. The topological polar surface area (TPSA) is 66.5 Å². The predicted molar refractivity (Wildman–Crippen MR) is 129 cm³/mol. The molecule has 1 unspecified atom stereocenters. The fourth-order valence-corrected chi connectivity index (χ4v) is 4.46. The molecule has 1 amide bonds. The molecule has 0 heterocycles. The van der Waals surface area contributed by atoms with Crippen molar-refractivity contribution in [1.82, 2.24) is 5.32 Å². The molecule has 0 bridgehead atoms. The highest BCUT2D eigenvalue weighted by Crippen LogP contribution is 2.27. The van der Waals surface area contributed by atoms with Crippen molar-refractivity contribution in [2.75, 3.05) is 17.1 Å². The highest BCUT2D eigenvalue weighted by atomic mass is 79.9. The Morgan fingerprint density at radius 3 is 2.31 bits per heavy atom. The van der Waals surface area contributed by atoms with Gasteiger partial charge in [-0.25, -0.2) is 12.8 Å². The second-order valence-corrected chi connectivity index (χ2v) is 10.4. The summed E-state index contributed by atoms with van der Waals surface area (Å²) >= 11 is 3.17. The molecule has 0 radical (unpaired) electrons. The number of anilines is 1. The third-order valence-electron chi connectivity index (χ3n) is 5.06. The largest absolute Gasteiger partial charge is 0.351 e. The third-order valence-corrected chi connectivity index (χ3v) is 6.68. The maximum absolute atomic E-state index is 14.4. The number of carbonyl (C=O) groups excluding carboxylic acids is 1. The Hall–Kier alpha value is -2.71. The standard InChI is InChI=1S/C24H24BrFN2O3S/c1-17(19-6-4-3-5-7-19)15-27-24(29)20-10-8-18(9-11-20)16-28(32(2,30)31)23-13-12-21(25)14-22(23)26/h3-14,17H,15-16H2,1-2H3,(H,27,29). The SMILES string of the molecule is CC(CNC(=O)c1ccc(CN(c2ccc(Br)cc2F)S(C)(=O)=O)cc1)c1ccccc1. The average Bonchev–Trinajstić information content (AvgIpc) is 2.76. The van der Waals surface area contributed by atoms with Crippen molar-refractivity contribution >= 4 is 37.5 Å². The van der Waals surface area contributed by atoms with E-state index in [2.05, 4.69) is 21.2 Å². The molecule has 8 heteroatoms. The first-order valence-electron chi connectivity index (χ1n) is 10.00. The zero-order valence-corrected chi connectivity index (χ0v) is 20.2. The highest BCUT2D eigenvalue weighted by molar-refractivity contribution is 9.10. The molecule has 3 rings (SSSR count). The molecule has 1 atom stereocenters. The number of halogens is 2. The minimum Gasteiger partial charge on any atom is -0.351 e. The second kappa shape index (κ2) is 10.3. The number of carbonyl (C=O) groups is 1. The zero-order chi connectivity index (χ0) is 23.3. The number of hydrogen-bond acceptors (Lipinski definition) is 3. The summed E-state index contributed by atoms with van der Waals surface area (Å²) in [4.78, 5) is 12.5. The van der Waals surface area contributed by atoms with Crippen molar-refractivity contribution in [2.45, 2.75) is 19.4 Å². The Morgan fingerprint density at radius 1 is 1.06 bits per heavy atom. The Bertz CT molecular complexity index is 1190. The summed E-state index contributed by atoms with van der Waals surface area (Å²) in [5.41, 5.74) is 2.21. The van der Waals surface area contributed by atoms with E-state index in [1.54, 1.807) is 30.3 Å². The van der Waals surface area contributed by atoms with Crippen molar-refractivity contribution in [3.8, 4) is 0 Å². The van der Waals surface area contributed by atoms with Gasteiger partial charge >= 0.3 is 0 Å². The summed E-state index contributed by atoms with van der Waals surface area (Å²) in [6.45, 7) is 2.49. The van der Waals surface area contributed by atoms with Crippen LogP contribution < -0.4 is 9.62 Å². The van der Waals surface area contributed by atoms with Crippen LogP contribution in [0.2, 0.25) is 0 Å². The molecule has 1 N–H and O–H groups in total. The normalized spacial score (nSPS) is 12.2. The zero-order valence-electron chi connectivity index (χ0n) is 17.8. The van der Waals surface area contributed by atoms with Gasteiger partial charge in [-0.2, -0.15) is 0 Å². The van der Waals surface area contributed by atoms with Crippen LogP contribution in [0.4, 0.5) is 10.1 Å². The summed E-state index contributed by atoms with van der Waals surface area (Å²) in [6.07, 6.45) is 1.03. The van der Waals surface area contributed by atoms with Crippen molar-refractivity contribution < 1.29 is 17.6 Å². The third kappa shape index (κ3) is 6.17. The molecule has 0 spiro atoms. The Kier molecular flexibility index (Phi) is 7.69. The van der Waals surface area contributed by atoms with Crippen molar-refractivity contribution in [3.63, 3.8) is 0 Å². The lowest BCUT2D eigenvalue weighted by Gasteiger charge is -2.23. The van der Waals surface area contributed by atoms with Crippen LogP contribution in [0.3, 0.4) is 0 Å². The van der Waals surface area contributed by atoms with Crippen LogP contribution >= 0.6 is 15.9 Å². The summed E-state index contributed by atoms with van der Waals surface area (Å²) in [7, 11) is -3.72. The molecule has 168 valence electrons. The Labute approximate surface area is 196 Å². The first-order valence-corrected chi connectivity index (χ1v) is 12.6. The van der Waals surface area contributed by atoms with E-state index in [0.29, 0.717) is 22.1 Å². The molecule has 0 aromatic heterocycles. The summed E-state index contributed by atoms with van der Waals surface area (Å²) < 4.78 is 40.5. The van der Waals surface area contributed by atoms with E-state index in [-0.39, 0.29) is 24.1 Å². The minimum atomic E-state index is -3.72. The van der Waals surface area contributed by atoms with Gasteiger partial charge in [-0.15, -0.1) is 0 Å². The first kappa shape index (κ1) is 23.9. The van der Waals surface area contributed by atoms with Crippen molar-refractivity contribution in [2.24, 2.45) is 0 Å². The molecular formula is C24H24BrFN2O3S. The van der Waals surface area contributed by atoms with E-state index < -0.39 is 15.8 Å². The lowest BCUT2D eigenvalue weighted by atomic mass is 10.0. The van der Waals surface area contributed by atoms with E-state index in [9.17, 15) is 17.6 Å². The summed E-state index contributed by atoms with van der Waals surface area (Å²) in [5, 5.41) is 2.92. The molecule has 0 aliphatic rings. The van der Waals surface area contributed by atoms with Gasteiger partial charge in [0.15, 0.2) is 0 Å². The maximum Gasteiger partial charge on any atom is 0.251 e. The summed E-state index contributed by atoms with van der Waals surface area (Å²) in [6, 6.07) is 20.8. The van der Waals surface area contributed by atoms with Crippen molar-refractivity contribution in [3.05, 3.63) is 99.8 Å². The molecule has 0 saturated heterocycles. The van der Waals surface area contributed by atoms with Gasteiger partial charge in [-0.1, -0.05) is 65.3 Å². The molecule has 0 aliphatic heterocycles. The number of hydrogen-bond donors (Lipinski definition) is 1. The van der Waals surface area contributed by atoms with Crippen LogP contribution in [0.25, 0.3) is 0 Å². The van der Waals surface area contributed by atoms with Crippen LogP contribution in [0.15, 0.2) is 77.3 Å². The number of nitrogens with zero attached hydrogens (tertiary/aromatic N) is 1. The number of nitrogens with one attached hydrogen (secondary N) is 1. The van der Waals surface area contributed by atoms with Gasteiger partial charge in [-0.3, -0.25) is 9.10 Å². The molecular weight excluding hydrogens is 495 g/mol. The molecule has 3 aromatic carbocycles. The van der Waals surface area contributed by atoms with Crippen LogP contribution in [0.5, 0.6) is 0 Å². The van der Waals surface area contributed by atoms with E-state index in [1.807, 2.05) is 37.3 Å².